The summed E-state index contributed by atoms with van der Waals surface area (Å²) < 4.78 is 5.31. The van der Waals surface area contributed by atoms with Crippen LogP contribution in [0.5, 0.6) is 0 Å². The molecule has 1 heterocycles. The Bertz CT molecular complexity index is 1150. The number of β-lactam (4-membered cyclic amide) rings is 1. The number of non-ortho nitro benzene ring substituents is 1. The summed E-state index contributed by atoms with van der Waals surface area (Å²) in [7, 11) is 0. The van der Waals surface area contributed by atoms with Crippen molar-refractivity contribution >= 4 is 17.7 Å². The van der Waals surface area contributed by atoms with Gasteiger partial charge in [-0.25, -0.2) is 4.79 Å². The van der Waals surface area contributed by atoms with Gasteiger partial charge in [-0.2, -0.15) is 0 Å². The molecule has 1 saturated heterocycles. The highest BCUT2D eigenvalue weighted by Gasteiger charge is 2.51. The van der Waals surface area contributed by atoms with Crippen LogP contribution in [0.25, 0.3) is 0 Å². The molecule has 0 saturated carbocycles. The summed E-state index contributed by atoms with van der Waals surface area (Å²) in [6.45, 7) is 2.30. The van der Waals surface area contributed by atoms with Crippen LogP contribution in [0.1, 0.15) is 29.7 Å². The van der Waals surface area contributed by atoms with Crippen molar-refractivity contribution in [2.24, 2.45) is 5.92 Å². The molecule has 174 valence electrons. The number of alkyl carbamates (subject to hydrolysis) is 1. The molecule has 8 nitrogen and oxygen atoms in total. The topological polar surface area (TPSA) is 102 Å². The Labute approximate surface area is 197 Å². The number of nitro groups is 1. The summed E-state index contributed by atoms with van der Waals surface area (Å²) in [6.07, 6.45) is -0.604. The number of benzene rings is 3. The van der Waals surface area contributed by atoms with Crippen LogP contribution in [0.2, 0.25) is 0 Å². The first-order valence-corrected chi connectivity index (χ1v) is 11.0. The molecule has 1 fully saturated rings. The van der Waals surface area contributed by atoms with Gasteiger partial charge in [0.15, 0.2) is 0 Å². The van der Waals surface area contributed by atoms with Crippen LogP contribution in [0.15, 0.2) is 84.9 Å². The van der Waals surface area contributed by atoms with E-state index in [1.54, 1.807) is 24.0 Å². The van der Waals surface area contributed by atoms with Gasteiger partial charge in [-0.3, -0.25) is 14.9 Å². The van der Waals surface area contributed by atoms with E-state index in [2.05, 4.69) is 5.32 Å². The Morgan fingerprint density at radius 1 is 1.00 bits per heavy atom. The van der Waals surface area contributed by atoms with Gasteiger partial charge in [0, 0.05) is 24.7 Å². The van der Waals surface area contributed by atoms with Gasteiger partial charge in [-0.15, -0.1) is 0 Å². The van der Waals surface area contributed by atoms with Crippen LogP contribution in [-0.2, 0) is 22.7 Å². The number of rotatable bonds is 8. The lowest BCUT2D eigenvalue weighted by Gasteiger charge is -2.49. The van der Waals surface area contributed by atoms with Gasteiger partial charge < -0.3 is 15.0 Å². The number of nitrogens with zero attached hydrogens (tertiary/aromatic N) is 2. The smallest absolute Gasteiger partial charge is 0.407 e. The Morgan fingerprint density at radius 3 is 2.18 bits per heavy atom. The molecule has 3 atom stereocenters. The molecule has 0 unspecified atom stereocenters. The molecular weight excluding hydrogens is 434 g/mol. The van der Waals surface area contributed by atoms with Crippen molar-refractivity contribution in [3.05, 3.63) is 112 Å². The fourth-order valence-corrected chi connectivity index (χ4v) is 4.24. The van der Waals surface area contributed by atoms with E-state index in [-0.39, 0.29) is 24.2 Å². The van der Waals surface area contributed by atoms with Gasteiger partial charge in [-0.1, -0.05) is 72.8 Å². The average Bonchev–Trinajstić information content (AvgIpc) is 2.85. The van der Waals surface area contributed by atoms with Crippen LogP contribution in [-0.4, -0.2) is 27.9 Å². The molecule has 0 aromatic heterocycles. The summed E-state index contributed by atoms with van der Waals surface area (Å²) in [5, 5.41) is 13.8. The third-order valence-electron chi connectivity index (χ3n) is 5.98. The van der Waals surface area contributed by atoms with E-state index < -0.39 is 23.0 Å². The molecule has 0 bridgehead atoms. The van der Waals surface area contributed by atoms with Crippen LogP contribution in [0.3, 0.4) is 0 Å². The number of hydrogen-bond acceptors (Lipinski definition) is 5. The molecule has 34 heavy (non-hydrogen) atoms. The van der Waals surface area contributed by atoms with Crippen molar-refractivity contribution in [3.8, 4) is 0 Å². The van der Waals surface area contributed by atoms with E-state index in [9.17, 15) is 19.7 Å². The molecule has 0 spiro atoms. The molecule has 3 aromatic rings. The second kappa shape index (κ2) is 10.2. The van der Waals surface area contributed by atoms with E-state index in [0.29, 0.717) is 6.54 Å². The third kappa shape index (κ3) is 5.06. The maximum Gasteiger partial charge on any atom is 0.407 e. The standard InChI is InChI=1S/C26H25N3O5/c1-18(27-26(31)34-17-20-10-6-3-7-11-20)23-24(21-12-14-22(15-13-21)29(32)33)28(25(23)30)16-19-8-4-2-5-9-19/h2-15,18,23-24H,16-17H2,1H3,(H,27,31)/t18-,23-,24-/m0/s1. The van der Waals surface area contributed by atoms with Gasteiger partial charge >= 0.3 is 6.09 Å². The van der Waals surface area contributed by atoms with E-state index >= 15 is 0 Å². The molecule has 3 aromatic carbocycles. The van der Waals surface area contributed by atoms with E-state index in [0.717, 1.165) is 16.7 Å². The molecule has 4 rings (SSSR count). The fraction of sp³-hybridized carbons (Fsp3) is 0.231. The number of likely N-dealkylation sites (tertiary alicyclic amines) is 1. The third-order valence-corrected chi connectivity index (χ3v) is 5.98. The Balaban J connectivity index is 1.49. The average molecular weight is 460 g/mol. The molecular formula is C26H25N3O5. The minimum Gasteiger partial charge on any atom is -0.445 e. The normalized spacial score (nSPS) is 18.0. The van der Waals surface area contributed by atoms with Crippen LogP contribution in [0.4, 0.5) is 10.5 Å². The molecule has 1 aliphatic heterocycles. The quantitative estimate of drug-likeness (QED) is 0.301. The van der Waals surface area contributed by atoms with Gasteiger partial charge in [-0.05, 0) is 23.6 Å². The number of nitrogens with one attached hydrogen (secondary N) is 1. The zero-order chi connectivity index (χ0) is 24.1. The van der Waals surface area contributed by atoms with E-state index in [4.69, 9.17) is 4.74 Å². The summed E-state index contributed by atoms with van der Waals surface area (Å²) >= 11 is 0. The van der Waals surface area contributed by atoms with Crippen molar-refractivity contribution < 1.29 is 19.2 Å². The maximum atomic E-state index is 13.2. The number of hydrogen-bond donors (Lipinski definition) is 1. The minimum atomic E-state index is -0.604. The Kier molecular flexibility index (Phi) is 6.87. The molecule has 1 N–H and O–H groups in total. The fourth-order valence-electron chi connectivity index (χ4n) is 4.24. The molecule has 8 heteroatoms. The van der Waals surface area contributed by atoms with Crippen LogP contribution >= 0.6 is 0 Å². The van der Waals surface area contributed by atoms with Crippen molar-refractivity contribution in [1.29, 1.82) is 0 Å². The maximum absolute atomic E-state index is 13.2. The molecule has 1 aliphatic rings. The summed E-state index contributed by atoms with van der Waals surface area (Å²) in [5.74, 6) is -0.613. The van der Waals surface area contributed by atoms with Crippen LogP contribution in [0, 0.1) is 16.0 Å². The predicted molar refractivity (Wildman–Crippen MR) is 126 cm³/mol. The van der Waals surface area contributed by atoms with E-state index in [1.807, 2.05) is 60.7 Å². The highest BCUT2D eigenvalue weighted by Crippen LogP contribution is 2.43. The highest BCUT2D eigenvalue weighted by molar-refractivity contribution is 5.88. The predicted octanol–water partition coefficient (Wildman–Crippen LogP) is 4.61. The number of carbonyl (C=O) groups excluding carboxylic acids is 2. The number of nitro benzene ring substituents is 1. The van der Waals surface area contributed by atoms with Crippen LogP contribution < -0.4 is 5.32 Å². The van der Waals surface area contributed by atoms with Gasteiger partial charge in [0.05, 0.1) is 16.9 Å². The first-order valence-electron chi connectivity index (χ1n) is 11.0. The minimum absolute atomic E-state index is 0.0174. The zero-order valence-corrected chi connectivity index (χ0v) is 18.7. The van der Waals surface area contributed by atoms with Crippen molar-refractivity contribution in [3.63, 3.8) is 0 Å². The summed E-state index contributed by atoms with van der Waals surface area (Å²) in [4.78, 5) is 37.9. The van der Waals surface area contributed by atoms with Crippen molar-refractivity contribution in [1.82, 2.24) is 10.2 Å². The largest absolute Gasteiger partial charge is 0.445 e. The Hall–Kier alpha value is -4.20. The van der Waals surface area contributed by atoms with Gasteiger partial charge in [0.25, 0.3) is 5.69 Å². The number of carbonyl (C=O) groups is 2. The Morgan fingerprint density at radius 2 is 1.59 bits per heavy atom. The second-order valence-corrected chi connectivity index (χ2v) is 8.27. The number of amides is 2. The molecule has 0 aliphatic carbocycles. The monoisotopic (exact) mass is 459 g/mol. The number of ether oxygens (including phenoxy) is 1. The van der Waals surface area contributed by atoms with E-state index in [1.165, 1.54) is 12.1 Å². The first-order chi connectivity index (χ1) is 16.4. The summed E-state index contributed by atoms with van der Waals surface area (Å²) in [5.41, 5.74) is 2.60. The highest BCUT2D eigenvalue weighted by atomic mass is 16.6. The zero-order valence-electron chi connectivity index (χ0n) is 18.7. The lowest BCUT2D eigenvalue weighted by atomic mass is 9.77. The van der Waals surface area contributed by atoms with Gasteiger partial charge in [0.2, 0.25) is 5.91 Å². The lowest BCUT2D eigenvalue weighted by molar-refractivity contribution is -0.384. The first kappa shape index (κ1) is 23.0. The second-order valence-electron chi connectivity index (χ2n) is 8.27. The lowest BCUT2D eigenvalue weighted by Crippen LogP contribution is -2.61. The van der Waals surface area contributed by atoms with Crippen molar-refractivity contribution in [2.75, 3.05) is 0 Å². The van der Waals surface area contributed by atoms with Gasteiger partial charge in [0.1, 0.15) is 6.61 Å². The SMILES string of the molecule is C[C@H](NC(=O)OCc1ccccc1)[C@@H]1C(=O)N(Cc2ccccc2)[C@H]1c1ccc([N+](=O)[O-])cc1. The van der Waals surface area contributed by atoms with Crippen molar-refractivity contribution in [2.45, 2.75) is 32.2 Å². The molecule has 2 amide bonds. The molecule has 0 radical (unpaired) electrons. The summed E-state index contributed by atoms with van der Waals surface area (Å²) in [6, 6.07) is 24.3.